The molecule has 1 aromatic heterocycles. The van der Waals surface area contributed by atoms with E-state index < -0.39 is 16.9 Å². The molecule has 0 radical (unpaired) electrons. The standard InChI is InChI=1S/C22H21N5O4S/c1-13-5-3-6-15(11-13)20-24-25-22(32-20)23-19(28)17-7-4-10-26(17)21(29)16-9-8-14(2)18(12-16)27(30)31/h3,5-6,8-9,11-12,17H,4,7,10H2,1-2H3,(H,23,25,28). The van der Waals surface area contributed by atoms with E-state index in [2.05, 4.69) is 15.5 Å². The van der Waals surface area contributed by atoms with Crippen LogP contribution in [0.25, 0.3) is 10.6 Å². The number of rotatable bonds is 5. The van der Waals surface area contributed by atoms with Gasteiger partial charge in [0, 0.05) is 29.3 Å². The number of carbonyl (C=O) groups is 2. The van der Waals surface area contributed by atoms with Crippen LogP contribution in [-0.4, -0.2) is 44.4 Å². The minimum atomic E-state index is -0.672. The van der Waals surface area contributed by atoms with Crippen LogP contribution in [0.4, 0.5) is 10.8 Å². The van der Waals surface area contributed by atoms with Gasteiger partial charge in [0.2, 0.25) is 11.0 Å². The first-order chi connectivity index (χ1) is 15.3. The van der Waals surface area contributed by atoms with E-state index in [4.69, 9.17) is 0 Å². The summed E-state index contributed by atoms with van der Waals surface area (Å²) in [4.78, 5) is 38.1. The number of carbonyl (C=O) groups excluding carboxylic acids is 2. The van der Waals surface area contributed by atoms with E-state index in [1.807, 2.05) is 31.2 Å². The van der Waals surface area contributed by atoms with Crippen LogP contribution >= 0.6 is 11.3 Å². The molecule has 1 atom stereocenters. The zero-order valence-electron chi connectivity index (χ0n) is 17.6. The van der Waals surface area contributed by atoms with Gasteiger partial charge in [-0.25, -0.2) is 0 Å². The summed E-state index contributed by atoms with van der Waals surface area (Å²) in [7, 11) is 0. The highest BCUT2D eigenvalue weighted by molar-refractivity contribution is 7.18. The molecule has 0 spiro atoms. The van der Waals surface area contributed by atoms with Crippen molar-refractivity contribution in [2.45, 2.75) is 32.7 Å². The number of likely N-dealkylation sites (tertiary alicyclic amines) is 1. The molecule has 2 heterocycles. The van der Waals surface area contributed by atoms with Crippen molar-refractivity contribution < 1.29 is 14.5 Å². The molecule has 0 bridgehead atoms. The first-order valence-electron chi connectivity index (χ1n) is 10.1. The molecule has 1 unspecified atom stereocenters. The Morgan fingerprint density at radius 1 is 1.19 bits per heavy atom. The predicted octanol–water partition coefficient (Wildman–Crippen LogP) is 3.97. The number of benzene rings is 2. The molecular weight excluding hydrogens is 430 g/mol. The van der Waals surface area contributed by atoms with E-state index in [0.717, 1.165) is 11.1 Å². The van der Waals surface area contributed by atoms with Gasteiger partial charge in [-0.3, -0.25) is 25.0 Å². The van der Waals surface area contributed by atoms with Crippen LogP contribution in [0.2, 0.25) is 0 Å². The molecule has 1 aliphatic heterocycles. The lowest BCUT2D eigenvalue weighted by Gasteiger charge is -2.23. The van der Waals surface area contributed by atoms with E-state index >= 15 is 0 Å². The van der Waals surface area contributed by atoms with Gasteiger partial charge in [-0.1, -0.05) is 41.2 Å². The van der Waals surface area contributed by atoms with Crippen molar-refractivity contribution in [2.75, 3.05) is 11.9 Å². The zero-order chi connectivity index (χ0) is 22.8. The smallest absolute Gasteiger partial charge is 0.273 e. The summed E-state index contributed by atoms with van der Waals surface area (Å²) in [6, 6.07) is 11.5. The number of hydrogen-bond donors (Lipinski definition) is 1. The largest absolute Gasteiger partial charge is 0.327 e. The first-order valence-corrected chi connectivity index (χ1v) is 10.9. The molecule has 1 aliphatic rings. The fraction of sp³-hybridized carbons (Fsp3) is 0.273. The second-order valence-electron chi connectivity index (χ2n) is 7.69. The Labute approximate surface area is 188 Å². The van der Waals surface area contributed by atoms with E-state index in [1.165, 1.54) is 22.3 Å². The van der Waals surface area contributed by atoms with Crippen molar-refractivity contribution in [3.05, 3.63) is 69.3 Å². The maximum atomic E-state index is 13.0. The number of amides is 2. The summed E-state index contributed by atoms with van der Waals surface area (Å²) < 4.78 is 0. The third-order valence-corrected chi connectivity index (χ3v) is 6.28. The van der Waals surface area contributed by atoms with Gasteiger partial charge in [0.15, 0.2) is 0 Å². The number of nitrogens with zero attached hydrogens (tertiary/aromatic N) is 4. The quantitative estimate of drug-likeness (QED) is 0.463. The third-order valence-electron chi connectivity index (χ3n) is 5.39. The van der Waals surface area contributed by atoms with E-state index in [9.17, 15) is 19.7 Å². The summed E-state index contributed by atoms with van der Waals surface area (Å²) in [5.74, 6) is -0.743. The second kappa shape index (κ2) is 8.83. The number of nitro benzene ring substituents is 1. The normalized spacial score (nSPS) is 15.6. The Bertz CT molecular complexity index is 1210. The molecule has 9 nitrogen and oxygen atoms in total. The molecule has 10 heteroatoms. The van der Waals surface area contributed by atoms with Crippen LogP contribution < -0.4 is 5.32 Å². The summed E-state index contributed by atoms with van der Waals surface area (Å²) in [6.07, 6.45) is 1.18. The van der Waals surface area contributed by atoms with Crippen LogP contribution in [0, 0.1) is 24.0 Å². The summed E-state index contributed by atoms with van der Waals surface area (Å²) in [5, 5.41) is 23.3. The van der Waals surface area contributed by atoms with Crippen LogP contribution in [-0.2, 0) is 4.79 Å². The second-order valence-corrected chi connectivity index (χ2v) is 8.66. The monoisotopic (exact) mass is 451 g/mol. The van der Waals surface area contributed by atoms with E-state index in [0.29, 0.717) is 35.1 Å². The Hall–Kier alpha value is -3.66. The van der Waals surface area contributed by atoms with Crippen LogP contribution in [0.15, 0.2) is 42.5 Å². The van der Waals surface area contributed by atoms with Crippen molar-refractivity contribution in [1.29, 1.82) is 0 Å². The molecule has 4 rings (SSSR count). The Kier molecular flexibility index (Phi) is 5.95. The Morgan fingerprint density at radius 2 is 2.00 bits per heavy atom. The number of aromatic nitrogens is 2. The molecule has 164 valence electrons. The van der Waals surface area contributed by atoms with E-state index in [1.54, 1.807) is 19.1 Å². The molecule has 32 heavy (non-hydrogen) atoms. The molecule has 2 aromatic carbocycles. The summed E-state index contributed by atoms with van der Waals surface area (Å²) >= 11 is 1.26. The lowest BCUT2D eigenvalue weighted by molar-refractivity contribution is -0.385. The molecule has 1 saturated heterocycles. The molecule has 2 amide bonds. The van der Waals surface area contributed by atoms with Crippen molar-refractivity contribution in [2.24, 2.45) is 0 Å². The highest BCUT2D eigenvalue weighted by Gasteiger charge is 2.35. The highest BCUT2D eigenvalue weighted by Crippen LogP contribution is 2.29. The molecule has 1 fully saturated rings. The number of nitrogens with one attached hydrogen (secondary N) is 1. The number of anilines is 1. The fourth-order valence-corrected chi connectivity index (χ4v) is 4.49. The van der Waals surface area contributed by atoms with Crippen LogP contribution in [0.5, 0.6) is 0 Å². The number of aryl methyl sites for hydroxylation is 2. The van der Waals surface area contributed by atoms with Crippen molar-refractivity contribution >= 4 is 34.0 Å². The zero-order valence-corrected chi connectivity index (χ0v) is 18.4. The molecule has 1 N–H and O–H groups in total. The summed E-state index contributed by atoms with van der Waals surface area (Å²) in [5.41, 5.74) is 2.57. The minimum absolute atomic E-state index is 0.117. The van der Waals surface area contributed by atoms with Gasteiger partial charge >= 0.3 is 0 Å². The number of hydrogen-bond acceptors (Lipinski definition) is 7. The minimum Gasteiger partial charge on any atom is -0.327 e. The van der Waals surface area contributed by atoms with E-state index in [-0.39, 0.29) is 17.2 Å². The average molecular weight is 452 g/mol. The van der Waals surface area contributed by atoms with Gasteiger partial charge in [-0.15, -0.1) is 10.2 Å². The van der Waals surface area contributed by atoms with Gasteiger partial charge in [-0.2, -0.15) is 0 Å². The topological polar surface area (TPSA) is 118 Å². The van der Waals surface area contributed by atoms with Gasteiger partial charge in [0.1, 0.15) is 11.0 Å². The number of nitro groups is 1. The SMILES string of the molecule is Cc1cccc(-c2nnc(NC(=O)C3CCCN3C(=O)c3ccc(C)c([N+](=O)[O-])c3)s2)c1. The molecule has 0 saturated carbocycles. The molecular formula is C22H21N5O4S. The maximum Gasteiger partial charge on any atom is 0.273 e. The van der Waals surface area contributed by atoms with Crippen molar-refractivity contribution in [3.8, 4) is 10.6 Å². The van der Waals surface area contributed by atoms with Crippen LogP contribution in [0.1, 0.15) is 34.3 Å². The van der Waals surface area contributed by atoms with Crippen molar-refractivity contribution in [1.82, 2.24) is 15.1 Å². The fourth-order valence-electron chi connectivity index (χ4n) is 3.74. The predicted molar refractivity (Wildman–Crippen MR) is 121 cm³/mol. The van der Waals surface area contributed by atoms with Gasteiger partial charge in [0.05, 0.1) is 4.92 Å². The third kappa shape index (κ3) is 4.35. The average Bonchev–Trinajstić information content (AvgIpc) is 3.43. The Morgan fingerprint density at radius 3 is 2.75 bits per heavy atom. The van der Waals surface area contributed by atoms with Crippen LogP contribution in [0.3, 0.4) is 0 Å². The lowest BCUT2D eigenvalue weighted by atomic mass is 10.1. The Balaban J connectivity index is 1.49. The maximum absolute atomic E-state index is 13.0. The van der Waals surface area contributed by atoms with Crippen molar-refractivity contribution in [3.63, 3.8) is 0 Å². The lowest BCUT2D eigenvalue weighted by Crippen LogP contribution is -2.43. The van der Waals surface area contributed by atoms with Gasteiger partial charge in [0.25, 0.3) is 11.6 Å². The summed E-state index contributed by atoms with van der Waals surface area (Å²) in [6.45, 7) is 4.01. The highest BCUT2D eigenvalue weighted by atomic mass is 32.1. The van der Waals surface area contributed by atoms with Gasteiger partial charge in [-0.05, 0) is 38.8 Å². The molecule has 0 aliphatic carbocycles. The molecule has 3 aromatic rings. The van der Waals surface area contributed by atoms with Gasteiger partial charge < -0.3 is 4.90 Å². The first kappa shape index (κ1) is 21.6.